The minimum absolute atomic E-state index is 0.0167. The lowest BCUT2D eigenvalue weighted by atomic mass is 9.88. The van der Waals surface area contributed by atoms with Crippen molar-refractivity contribution in [2.24, 2.45) is 5.73 Å². The van der Waals surface area contributed by atoms with E-state index in [0.717, 1.165) is 6.42 Å². The van der Waals surface area contributed by atoms with Gasteiger partial charge in [0.15, 0.2) is 11.5 Å². The number of esters is 2. The van der Waals surface area contributed by atoms with E-state index in [1.807, 2.05) is 20.8 Å². The molecule has 0 aliphatic heterocycles. The maximum absolute atomic E-state index is 12.6. The molecule has 0 fully saturated rings. The highest BCUT2D eigenvalue weighted by molar-refractivity contribution is 5.81. The van der Waals surface area contributed by atoms with Gasteiger partial charge in [0.1, 0.15) is 16.7 Å². The van der Waals surface area contributed by atoms with Crippen LogP contribution in [0.1, 0.15) is 92.6 Å². The van der Waals surface area contributed by atoms with Crippen molar-refractivity contribution in [3.8, 4) is 11.5 Å². The van der Waals surface area contributed by atoms with Gasteiger partial charge < -0.3 is 34.2 Å². The largest absolute Gasteiger partial charge is 0.514 e. The van der Waals surface area contributed by atoms with Crippen LogP contribution in [0.25, 0.3) is 0 Å². The predicted octanol–water partition coefficient (Wildman–Crippen LogP) is 5.63. The molecular weight excluding hydrogens is 522 g/mol. The van der Waals surface area contributed by atoms with Crippen LogP contribution in [0.5, 0.6) is 11.5 Å². The smallest absolute Gasteiger partial charge is 0.468 e. The second-order valence-electron chi connectivity index (χ2n) is 10.8. The second kappa shape index (κ2) is 15.4. The number of nitrogens with two attached hydrogens (primary N) is 1. The molecule has 0 aliphatic carbocycles. The first-order chi connectivity index (χ1) is 18.6. The topological polar surface area (TPSA) is 150 Å². The van der Waals surface area contributed by atoms with Gasteiger partial charge >= 0.3 is 24.2 Å². The van der Waals surface area contributed by atoms with Crippen LogP contribution in [0.2, 0.25) is 0 Å². The molecule has 2 N–H and O–H groups in total. The molecule has 1 rings (SSSR count). The lowest BCUT2D eigenvalue weighted by Gasteiger charge is -2.27. The number of rotatable bonds is 15. The van der Waals surface area contributed by atoms with Crippen LogP contribution in [0.4, 0.5) is 9.59 Å². The molecule has 0 radical (unpaired) electrons. The Morgan fingerprint density at radius 2 is 1.40 bits per heavy atom. The maximum atomic E-state index is 12.6. The van der Waals surface area contributed by atoms with E-state index >= 15 is 0 Å². The summed E-state index contributed by atoms with van der Waals surface area (Å²) in [6, 6.07) is 4.36. The van der Waals surface area contributed by atoms with Gasteiger partial charge in [-0.2, -0.15) is 0 Å². The Morgan fingerprint density at radius 3 is 1.90 bits per heavy atom. The molecule has 226 valence electrons. The van der Waals surface area contributed by atoms with Crippen LogP contribution in [0.15, 0.2) is 18.2 Å². The Kier molecular flexibility index (Phi) is 13.4. The molecule has 11 nitrogen and oxygen atoms in total. The molecule has 0 aliphatic rings. The molecule has 0 amide bonds. The van der Waals surface area contributed by atoms with Gasteiger partial charge in [0, 0.05) is 19.3 Å². The number of methoxy groups -OCH3 is 1. The summed E-state index contributed by atoms with van der Waals surface area (Å²) < 4.78 is 31.6. The molecule has 0 saturated carbocycles. The molecule has 0 heterocycles. The predicted molar refractivity (Wildman–Crippen MR) is 147 cm³/mol. The highest BCUT2D eigenvalue weighted by atomic mass is 16.8. The van der Waals surface area contributed by atoms with Gasteiger partial charge in [0.05, 0.1) is 13.7 Å². The van der Waals surface area contributed by atoms with Crippen LogP contribution in [-0.2, 0) is 35.0 Å². The van der Waals surface area contributed by atoms with Gasteiger partial charge in [-0.3, -0.25) is 9.59 Å². The highest BCUT2D eigenvalue weighted by Gasteiger charge is 2.36. The molecule has 1 aromatic carbocycles. The fourth-order valence-electron chi connectivity index (χ4n) is 3.21. The Hall–Kier alpha value is -3.34. The number of hydrogen-bond donors (Lipinski definition) is 1. The van der Waals surface area contributed by atoms with Crippen LogP contribution < -0.4 is 15.2 Å². The van der Waals surface area contributed by atoms with Crippen LogP contribution in [0.3, 0.4) is 0 Å². The van der Waals surface area contributed by atoms with Crippen molar-refractivity contribution in [2.75, 3.05) is 13.7 Å². The van der Waals surface area contributed by atoms with Crippen LogP contribution >= 0.6 is 0 Å². The molecule has 1 atom stereocenters. The number of carbonyl (C=O) groups is 4. The fourth-order valence-corrected chi connectivity index (χ4v) is 3.21. The first-order valence-corrected chi connectivity index (χ1v) is 13.6. The minimum Gasteiger partial charge on any atom is -0.468 e. The number of ether oxygens (including phenoxy) is 6. The first-order valence-electron chi connectivity index (χ1n) is 13.6. The average molecular weight is 568 g/mol. The van der Waals surface area contributed by atoms with E-state index in [0.29, 0.717) is 24.8 Å². The molecule has 0 bridgehead atoms. The SMILES string of the molecule is CCCCC(=O)OCC[C@@](N)(Cc1ccc(OC(=O)OC(C)(C)CC)c(OC(=O)OC(C)(C)CC)c1)C(=O)OC. The monoisotopic (exact) mass is 567 g/mol. The Labute approximate surface area is 236 Å². The Bertz CT molecular complexity index is 1020. The van der Waals surface area contributed by atoms with Gasteiger partial charge in [-0.1, -0.05) is 33.3 Å². The summed E-state index contributed by atoms with van der Waals surface area (Å²) in [5.41, 5.74) is 3.74. The number of hydrogen-bond acceptors (Lipinski definition) is 11. The van der Waals surface area contributed by atoms with E-state index in [4.69, 9.17) is 34.2 Å². The van der Waals surface area contributed by atoms with Crippen molar-refractivity contribution >= 4 is 24.2 Å². The minimum atomic E-state index is -1.56. The van der Waals surface area contributed by atoms with Gasteiger partial charge in [-0.15, -0.1) is 0 Å². The Morgan fingerprint density at radius 1 is 0.850 bits per heavy atom. The van der Waals surface area contributed by atoms with Gasteiger partial charge in [-0.05, 0) is 64.7 Å². The lowest BCUT2D eigenvalue weighted by molar-refractivity contribution is -0.151. The van der Waals surface area contributed by atoms with Gasteiger partial charge in [0.25, 0.3) is 0 Å². The van der Waals surface area contributed by atoms with E-state index in [1.165, 1.54) is 19.2 Å². The summed E-state index contributed by atoms with van der Waals surface area (Å²) in [4.78, 5) is 49.5. The first kappa shape index (κ1) is 34.7. The standard InChI is InChI=1S/C29H45NO10/c1-9-12-13-23(31)36-17-16-29(30,24(32)35-8)19-20-14-15-21(37-25(33)39-27(4,5)10-2)22(18-20)38-26(34)40-28(6,7)11-3/h14-15,18H,9-13,16-17,19,30H2,1-8H3/t29-/m1/s1. The maximum Gasteiger partial charge on any atom is 0.514 e. The summed E-state index contributed by atoms with van der Waals surface area (Å²) in [5.74, 6) is -1.33. The van der Waals surface area contributed by atoms with Crippen LogP contribution in [0, 0.1) is 0 Å². The second-order valence-corrected chi connectivity index (χ2v) is 10.8. The van der Waals surface area contributed by atoms with Gasteiger partial charge in [0.2, 0.25) is 0 Å². The molecule has 40 heavy (non-hydrogen) atoms. The normalized spacial score (nSPS) is 13.0. The van der Waals surface area contributed by atoms with Gasteiger partial charge in [-0.25, -0.2) is 9.59 Å². The van der Waals surface area contributed by atoms with Crippen molar-refractivity contribution in [3.63, 3.8) is 0 Å². The molecule has 0 spiro atoms. The van der Waals surface area contributed by atoms with E-state index in [1.54, 1.807) is 33.8 Å². The van der Waals surface area contributed by atoms with E-state index in [2.05, 4.69) is 0 Å². The third-order valence-corrected chi connectivity index (χ3v) is 6.47. The molecule has 0 saturated heterocycles. The molecular formula is C29H45NO10. The summed E-state index contributed by atoms with van der Waals surface area (Å²) >= 11 is 0. The lowest BCUT2D eigenvalue weighted by Crippen LogP contribution is -2.51. The summed E-state index contributed by atoms with van der Waals surface area (Å²) in [7, 11) is 1.21. The number of unbranched alkanes of at least 4 members (excludes halogenated alkanes) is 1. The zero-order chi connectivity index (χ0) is 30.6. The van der Waals surface area contributed by atoms with E-state index in [-0.39, 0.29) is 43.3 Å². The van der Waals surface area contributed by atoms with Crippen molar-refractivity contribution in [1.82, 2.24) is 0 Å². The zero-order valence-corrected chi connectivity index (χ0v) is 25.0. The zero-order valence-electron chi connectivity index (χ0n) is 25.0. The van der Waals surface area contributed by atoms with Crippen molar-refractivity contribution in [2.45, 2.75) is 110 Å². The molecule has 0 unspecified atom stereocenters. The molecule has 0 aromatic heterocycles. The number of benzene rings is 1. The molecule has 11 heteroatoms. The van der Waals surface area contributed by atoms with Crippen LogP contribution in [-0.4, -0.2) is 54.7 Å². The van der Waals surface area contributed by atoms with Crippen molar-refractivity contribution in [3.05, 3.63) is 23.8 Å². The highest BCUT2D eigenvalue weighted by Crippen LogP contribution is 2.32. The third-order valence-electron chi connectivity index (χ3n) is 6.47. The third kappa shape index (κ3) is 11.8. The van der Waals surface area contributed by atoms with Crippen molar-refractivity contribution < 1.29 is 47.6 Å². The van der Waals surface area contributed by atoms with E-state index < -0.39 is 35.0 Å². The summed E-state index contributed by atoms with van der Waals surface area (Å²) in [6.45, 7) is 12.5. The average Bonchev–Trinajstić information content (AvgIpc) is 2.87. The number of carbonyl (C=O) groups excluding carboxylic acids is 4. The fraction of sp³-hybridized carbons (Fsp3) is 0.655. The van der Waals surface area contributed by atoms with E-state index in [9.17, 15) is 19.2 Å². The quantitative estimate of drug-likeness (QED) is 0.159. The van der Waals surface area contributed by atoms with Crippen molar-refractivity contribution in [1.29, 1.82) is 0 Å². The molecule has 1 aromatic rings. The summed E-state index contributed by atoms with van der Waals surface area (Å²) in [6.07, 6.45) is 0.813. The summed E-state index contributed by atoms with van der Waals surface area (Å²) in [5, 5.41) is 0. The Balaban J connectivity index is 3.25.